The molecule has 0 saturated heterocycles. The molecule has 110 valence electrons. The first-order valence-electron chi connectivity index (χ1n) is 7.54. The normalized spacial score (nSPS) is 10.8. The summed E-state index contributed by atoms with van der Waals surface area (Å²) in [5.41, 5.74) is 6.54. The van der Waals surface area contributed by atoms with Crippen LogP contribution in [0, 0.1) is 6.92 Å². The van der Waals surface area contributed by atoms with Crippen LogP contribution in [0.15, 0.2) is 73.3 Å². The topological polar surface area (TPSA) is 38.7 Å². The minimum Gasteiger partial charge on any atom is -0.256 e. The Balaban J connectivity index is 1.93. The number of hydrogen-bond acceptors (Lipinski definition) is 3. The maximum atomic E-state index is 4.63. The molecule has 0 fully saturated rings. The number of aromatic nitrogens is 3. The van der Waals surface area contributed by atoms with E-state index in [1.807, 2.05) is 24.5 Å². The van der Waals surface area contributed by atoms with Crippen LogP contribution in [0.4, 0.5) is 0 Å². The van der Waals surface area contributed by atoms with Crippen LogP contribution in [-0.4, -0.2) is 15.0 Å². The van der Waals surface area contributed by atoms with Crippen molar-refractivity contribution in [3.8, 4) is 22.4 Å². The minimum absolute atomic E-state index is 0.942. The lowest BCUT2D eigenvalue weighted by Crippen LogP contribution is -1.91. The first-order chi connectivity index (χ1) is 11.3. The SMILES string of the molecule is Cc1ccccc1-c1ncccc1-c1ccc2cncnc2c1. The zero-order valence-electron chi connectivity index (χ0n) is 12.8. The summed E-state index contributed by atoms with van der Waals surface area (Å²) < 4.78 is 0. The van der Waals surface area contributed by atoms with Crippen molar-refractivity contribution in [2.75, 3.05) is 0 Å². The first-order valence-corrected chi connectivity index (χ1v) is 7.54. The standard InChI is InChI=1S/C20H15N3/c1-14-5-2-3-6-17(14)20-18(7-4-10-22-20)15-8-9-16-12-21-13-23-19(16)11-15/h2-13H,1H3. The van der Waals surface area contributed by atoms with Gasteiger partial charge >= 0.3 is 0 Å². The van der Waals surface area contributed by atoms with Crippen LogP contribution >= 0.6 is 0 Å². The van der Waals surface area contributed by atoms with E-state index in [1.165, 1.54) is 5.56 Å². The van der Waals surface area contributed by atoms with Gasteiger partial charge in [0.2, 0.25) is 0 Å². The molecule has 23 heavy (non-hydrogen) atoms. The number of pyridine rings is 1. The number of hydrogen-bond donors (Lipinski definition) is 0. The summed E-state index contributed by atoms with van der Waals surface area (Å²) in [6, 6.07) is 18.7. The molecule has 0 amide bonds. The Bertz CT molecular complexity index is 992. The van der Waals surface area contributed by atoms with Crippen molar-refractivity contribution in [1.29, 1.82) is 0 Å². The maximum absolute atomic E-state index is 4.63. The summed E-state index contributed by atoms with van der Waals surface area (Å²) in [4.78, 5) is 13.1. The van der Waals surface area contributed by atoms with Gasteiger partial charge in [0.1, 0.15) is 6.33 Å². The van der Waals surface area contributed by atoms with Crippen molar-refractivity contribution in [2.24, 2.45) is 0 Å². The molecule has 3 nitrogen and oxygen atoms in total. The molecule has 0 bridgehead atoms. The van der Waals surface area contributed by atoms with Crippen molar-refractivity contribution < 1.29 is 0 Å². The smallest absolute Gasteiger partial charge is 0.116 e. The molecular formula is C20H15N3. The Kier molecular flexibility index (Phi) is 3.31. The zero-order chi connectivity index (χ0) is 15.6. The summed E-state index contributed by atoms with van der Waals surface area (Å²) in [5.74, 6) is 0. The third-order valence-corrected chi connectivity index (χ3v) is 4.03. The van der Waals surface area contributed by atoms with E-state index >= 15 is 0 Å². The molecule has 4 aromatic rings. The lowest BCUT2D eigenvalue weighted by molar-refractivity contribution is 1.22. The van der Waals surface area contributed by atoms with Gasteiger partial charge in [-0.2, -0.15) is 0 Å². The van der Waals surface area contributed by atoms with Gasteiger partial charge in [0.25, 0.3) is 0 Å². The molecular weight excluding hydrogens is 282 g/mol. The molecule has 2 aromatic carbocycles. The number of nitrogens with zero attached hydrogens (tertiary/aromatic N) is 3. The summed E-state index contributed by atoms with van der Waals surface area (Å²) in [6.07, 6.45) is 5.25. The Morgan fingerprint density at radius 3 is 2.61 bits per heavy atom. The monoisotopic (exact) mass is 297 g/mol. The van der Waals surface area contributed by atoms with E-state index in [1.54, 1.807) is 6.33 Å². The summed E-state index contributed by atoms with van der Waals surface area (Å²) >= 11 is 0. The molecule has 0 spiro atoms. The van der Waals surface area contributed by atoms with Crippen molar-refractivity contribution in [2.45, 2.75) is 6.92 Å². The van der Waals surface area contributed by atoms with Gasteiger partial charge in [-0.25, -0.2) is 9.97 Å². The average Bonchev–Trinajstić information content (AvgIpc) is 2.62. The van der Waals surface area contributed by atoms with E-state index in [4.69, 9.17) is 0 Å². The van der Waals surface area contributed by atoms with Crippen LogP contribution in [0.1, 0.15) is 5.56 Å². The summed E-state index contributed by atoms with van der Waals surface area (Å²) in [7, 11) is 0. The fourth-order valence-corrected chi connectivity index (χ4v) is 2.83. The van der Waals surface area contributed by atoms with Gasteiger partial charge in [-0.05, 0) is 30.2 Å². The van der Waals surface area contributed by atoms with Gasteiger partial charge in [-0.1, -0.05) is 42.5 Å². The Hall–Kier alpha value is -3.07. The Labute approximate surface area is 134 Å². The van der Waals surface area contributed by atoms with Crippen molar-refractivity contribution in [3.05, 3.63) is 78.9 Å². The molecule has 0 aliphatic rings. The molecule has 2 heterocycles. The molecule has 0 saturated carbocycles. The molecule has 0 radical (unpaired) electrons. The zero-order valence-corrected chi connectivity index (χ0v) is 12.8. The second kappa shape index (κ2) is 5.61. The van der Waals surface area contributed by atoms with Crippen LogP contribution in [0.3, 0.4) is 0 Å². The van der Waals surface area contributed by atoms with Crippen molar-refractivity contribution in [3.63, 3.8) is 0 Å². The predicted molar refractivity (Wildman–Crippen MR) is 92.9 cm³/mol. The second-order valence-corrected chi connectivity index (χ2v) is 5.51. The first kappa shape index (κ1) is 13.6. The number of fused-ring (bicyclic) bond motifs is 1. The number of rotatable bonds is 2. The molecule has 4 rings (SSSR count). The third kappa shape index (κ3) is 2.46. The quantitative estimate of drug-likeness (QED) is 0.540. The Morgan fingerprint density at radius 2 is 1.70 bits per heavy atom. The van der Waals surface area contributed by atoms with Crippen LogP contribution < -0.4 is 0 Å². The summed E-state index contributed by atoms with van der Waals surface area (Å²) in [6.45, 7) is 2.11. The number of aryl methyl sites for hydroxylation is 1. The molecule has 0 unspecified atom stereocenters. The lowest BCUT2D eigenvalue weighted by Gasteiger charge is -2.11. The molecule has 0 atom stereocenters. The lowest BCUT2D eigenvalue weighted by atomic mass is 9.96. The average molecular weight is 297 g/mol. The van der Waals surface area contributed by atoms with Crippen molar-refractivity contribution >= 4 is 10.9 Å². The van der Waals surface area contributed by atoms with Crippen LogP contribution in [0.2, 0.25) is 0 Å². The van der Waals surface area contributed by atoms with Crippen LogP contribution in [-0.2, 0) is 0 Å². The van der Waals surface area contributed by atoms with Gasteiger partial charge < -0.3 is 0 Å². The predicted octanol–water partition coefficient (Wildman–Crippen LogP) is 4.67. The molecule has 0 aliphatic carbocycles. The highest BCUT2D eigenvalue weighted by atomic mass is 14.8. The van der Waals surface area contributed by atoms with Crippen LogP contribution in [0.25, 0.3) is 33.3 Å². The highest BCUT2D eigenvalue weighted by Gasteiger charge is 2.11. The Morgan fingerprint density at radius 1 is 0.826 bits per heavy atom. The van der Waals surface area contributed by atoms with E-state index in [-0.39, 0.29) is 0 Å². The highest BCUT2D eigenvalue weighted by Crippen LogP contribution is 2.32. The van der Waals surface area contributed by atoms with Crippen LogP contribution in [0.5, 0.6) is 0 Å². The number of benzene rings is 2. The fraction of sp³-hybridized carbons (Fsp3) is 0.0500. The molecule has 2 aromatic heterocycles. The summed E-state index contributed by atoms with van der Waals surface area (Å²) in [5, 5.41) is 1.04. The van der Waals surface area contributed by atoms with Crippen molar-refractivity contribution in [1.82, 2.24) is 15.0 Å². The highest BCUT2D eigenvalue weighted by molar-refractivity contribution is 5.88. The molecule has 0 N–H and O–H groups in total. The van der Waals surface area contributed by atoms with Gasteiger partial charge in [0.05, 0.1) is 11.2 Å². The van der Waals surface area contributed by atoms with E-state index in [2.05, 4.69) is 64.3 Å². The van der Waals surface area contributed by atoms with E-state index in [9.17, 15) is 0 Å². The molecule has 0 aliphatic heterocycles. The van der Waals surface area contributed by atoms with E-state index < -0.39 is 0 Å². The van der Waals surface area contributed by atoms with Gasteiger partial charge in [0, 0.05) is 28.9 Å². The van der Waals surface area contributed by atoms with E-state index in [0.717, 1.165) is 33.3 Å². The molecule has 3 heteroatoms. The fourth-order valence-electron chi connectivity index (χ4n) is 2.83. The maximum Gasteiger partial charge on any atom is 0.116 e. The largest absolute Gasteiger partial charge is 0.256 e. The van der Waals surface area contributed by atoms with E-state index in [0.29, 0.717) is 0 Å². The van der Waals surface area contributed by atoms with Gasteiger partial charge in [0.15, 0.2) is 0 Å². The second-order valence-electron chi connectivity index (χ2n) is 5.51. The van der Waals surface area contributed by atoms with Gasteiger partial charge in [-0.15, -0.1) is 0 Å². The minimum atomic E-state index is 0.942. The third-order valence-electron chi connectivity index (χ3n) is 4.03. The van der Waals surface area contributed by atoms with Gasteiger partial charge in [-0.3, -0.25) is 4.98 Å².